The molecule has 2 rings (SSSR count). The minimum Gasteiger partial charge on any atom is -0.467 e. The minimum atomic E-state index is -3.59. The van der Waals surface area contributed by atoms with E-state index in [1.165, 1.54) is 24.1 Å². The van der Waals surface area contributed by atoms with Crippen LogP contribution >= 0.6 is 0 Å². The second-order valence-electron chi connectivity index (χ2n) is 5.15. The SMILES string of the molecule is CCC(=O)N1C[C@H](S(=O)(=O)c2ccccc2)C[C@H]1C(=O)OC. The van der Waals surface area contributed by atoms with Crippen molar-refractivity contribution in [2.75, 3.05) is 13.7 Å². The number of sulfone groups is 1. The first-order chi connectivity index (χ1) is 10.4. The number of hydrogen-bond donors (Lipinski definition) is 0. The molecule has 2 atom stereocenters. The zero-order valence-corrected chi connectivity index (χ0v) is 13.4. The summed E-state index contributed by atoms with van der Waals surface area (Å²) in [5.41, 5.74) is 0. The molecule has 1 amide bonds. The van der Waals surface area contributed by atoms with Crippen molar-refractivity contribution in [3.63, 3.8) is 0 Å². The van der Waals surface area contributed by atoms with Crippen molar-refractivity contribution in [1.29, 1.82) is 0 Å². The van der Waals surface area contributed by atoms with Gasteiger partial charge >= 0.3 is 5.97 Å². The lowest BCUT2D eigenvalue weighted by Gasteiger charge is -2.21. The molecule has 1 heterocycles. The normalized spacial score (nSPS) is 21.6. The fourth-order valence-corrected chi connectivity index (χ4v) is 4.38. The molecule has 0 bridgehead atoms. The van der Waals surface area contributed by atoms with E-state index in [2.05, 4.69) is 0 Å². The summed E-state index contributed by atoms with van der Waals surface area (Å²) >= 11 is 0. The van der Waals surface area contributed by atoms with Crippen molar-refractivity contribution in [3.05, 3.63) is 30.3 Å². The molecule has 0 unspecified atom stereocenters. The quantitative estimate of drug-likeness (QED) is 0.772. The maximum Gasteiger partial charge on any atom is 0.328 e. The summed E-state index contributed by atoms with van der Waals surface area (Å²) < 4.78 is 30.0. The number of rotatable bonds is 4. The van der Waals surface area contributed by atoms with E-state index in [0.717, 1.165) is 0 Å². The second kappa shape index (κ2) is 6.48. The zero-order valence-electron chi connectivity index (χ0n) is 12.6. The highest BCUT2D eigenvalue weighted by molar-refractivity contribution is 7.92. The Balaban J connectivity index is 2.31. The van der Waals surface area contributed by atoms with Gasteiger partial charge in [0.1, 0.15) is 6.04 Å². The first kappa shape index (κ1) is 16.5. The van der Waals surface area contributed by atoms with Crippen LogP contribution in [0.1, 0.15) is 19.8 Å². The molecule has 0 spiro atoms. The predicted molar refractivity (Wildman–Crippen MR) is 79.8 cm³/mol. The molecule has 1 fully saturated rings. The molecule has 22 heavy (non-hydrogen) atoms. The van der Waals surface area contributed by atoms with Crippen LogP contribution in [-0.2, 0) is 24.2 Å². The molecule has 0 radical (unpaired) electrons. The summed E-state index contributed by atoms with van der Waals surface area (Å²) in [5, 5.41) is -0.797. The van der Waals surface area contributed by atoms with Gasteiger partial charge in [0.15, 0.2) is 9.84 Å². The third-order valence-electron chi connectivity index (χ3n) is 3.87. The average Bonchev–Trinajstić information content (AvgIpc) is 3.00. The van der Waals surface area contributed by atoms with Crippen molar-refractivity contribution >= 4 is 21.7 Å². The fraction of sp³-hybridized carbons (Fsp3) is 0.467. The molecule has 120 valence electrons. The van der Waals surface area contributed by atoms with Crippen molar-refractivity contribution in [1.82, 2.24) is 4.90 Å². The molecule has 1 aliphatic rings. The Morgan fingerprint density at radius 1 is 1.27 bits per heavy atom. The van der Waals surface area contributed by atoms with Gasteiger partial charge in [0, 0.05) is 13.0 Å². The average molecular weight is 325 g/mol. The first-order valence-corrected chi connectivity index (χ1v) is 8.62. The van der Waals surface area contributed by atoms with Gasteiger partial charge in [-0.25, -0.2) is 13.2 Å². The number of nitrogens with zero attached hydrogens (tertiary/aromatic N) is 1. The van der Waals surface area contributed by atoms with Crippen LogP contribution < -0.4 is 0 Å². The summed E-state index contributed by atoms with van der Waals surface area (Å²) in [7, 11) is -2.36. The van der Waals surface area contributed by atoms with Crippen LogP contribution in [-0.4, -0.2) is 50.1 Å². The van der Waals surface area contributed by atoms with Crippen LogP contribution in [0.2, 0.25) is 0 Å². The van der Waals surface area contributed by atoms with Gasteiger partial charge in [-0.3, -0.25) is 4.79 Å². The molecule has 1 aromatic rings. The molecule has 6 nitrogen and oxygen atoms in total. The van der Waals surface area contributed by atoms with Crippen molar-refractivity contribution in [3.8, 4) is 0 Å². The van der Waals surface area contributed by atoms with E-state index in [4.69, 9.17) is 4.74 Å². The molecule has 1 aliphatic heterocycles. The highest BCUT2D eigenvalue weighted by Crippen LogP contribution is 2.29. The number of ether oxygens (including phenoxy) is 1. The van der Waals surface area contributed by atoms with E-state index in [1.807, 2.05) is 0 Å². The minimum absolute atomic E-state index is 0.0175. The summed E-state index contributed by atoms with van der Waals surface area (Å²) in [4.78, 5) is 25.3. The molecule has 7 heteroatoms. The lowest BCUT2D eigenvalue weighted by atomic mass is 10.2. The largest absolute Gasteiger partial charge is 0.467 e. The Kier molecular flexibility index (Phi) is 4.85. The van der Waals surface area contributed by atoms with E-state index < -0.39 is 27.1 Å². The Morgan fingerprint density at radius 3 is 2.45 bits per heavy atom. The molecule has 1 aromatic carbocycles. The van der Waals surface area contributed by atoms with E-state index >= 15 is 0 Å². The molecular weight excluding hydrogens is 306 g/mol. The Bertz CT molecular complexity index is 632. The number of benzene rings is 1. The highest BCUT2D eigenvalue weighted by Gasteiger charge is 2.45. The van der Waals surface area contributed by atoms with Gasteiger partial charge in [0.05, 0.1) is 17.3 Å². The topological polar surface area (TPSA) is 80.8 Å². The van der Waals surface area contributed by atoms with Gasteiger partial charge < -0.3 is 9.64 Å². The summed E-state index contributed by atoms with van der Waals surface area (Å²) in [5.74, 6) is -0.825. The van der Waals surface area contributed by atoms with Gasteiger partial charge in [-0.15, -0.1) is 0 Å². The third-order valence-corrected chi connectivity index (χ3v) is 6.02. The van der Waals surface area contributed by atoms with E-state index in [9.17, 15) is 18.0 Å². The van der Waals surface area contributed by atoms with Gasteiger partial charge in [0.2, 0.25) is 5.91 Å². The van der Waals surface area contributed by atoms with Crippen LogP contribution in [0.3, 0.4) is 0 Å². The highest BCUT2D eigenvalue weighted by atomic mass is 32.2. The number of esters is 1. The Hall–Kier alpha value is -1.89. The summed E-state index contributed by atoms with van der Waals surface area (Å²) in [6.07, 6.45) is 0.279. The van der Waals surface area contributed by atoms with Gasteiger partial charge in [-0.1, -0.05) is 25.1 Å². The molecule has 1 saturated heterocycles. The summed E-state index contributed by atoms with van der Waals surface area (Å²) in [6.45, 7) is 1.69. The monoisotopic (exact) mass is 325 g/mol. The van der Waals surface area contributed by atoms with E-state index in [-0.39, 0.29) is 30.2 Å². The standard InChI is InChI=1S/C15H19NO5S/c1-3-14(17)16-10-12(9-13(16)15(18)21-2)22(19,20)11-7-5-4-6-8-11/h4-8,12-13H,3,9-10H2,1-2H3/t12-,13+/m1/s1. The number of carbonyl (C=O) groups excluding carboxylic acids is 2. The van der Waals surface area contributed by atoms with Crippen LogP contribution in [0.25, 0.3) is 0 Å². The number of likely N-dealkylation sites (tertiary alicyclic amines) is 1. The van der Waals surface area contributed by atoms with Crippen molar-refractivity contribution < 1.29 is 22.7 Å². The second-order valence-corrected chi connectivity index (χ2v) is 7.38. The smallest absolute Gasteiger partial charge is 0.328 e. The van der Waals surface area contributed by atoms with E-state index in [1.54, 1.807) is 25.1 Å². The van der Waals surface area contributed by atoms with Gasteiger partial charge in [-0.2, -0.15) is 0 Å². The van der Waals surface area contributed by atoms with Crippen LogP contribution in [0, 0.1) is 0 Å². The Morgan fingerprint density at radius 2 is 1.91 bits per heavy atom. The number of hydrogen-bond acceptors (Lipinski definition) is 5. The molecule has 0 aliphatic carbocycles. The van der Waals surface area contributed by atoms with Crippen LogP contribution in [0.4, 0.5) is 0 Å². The molecular formula is C15H19NO5S. The molecule has 0 N–H and O–H groups in total. The lowest BCUT2D eigenvalue weighted by Crippen LogP contribution is -2.41. The van der Waals surface area contributed by atoms with Crippen LogP contribution in [0.15, 0.2) is 35.2 Å². The maximum absolute atomic E-state index is 12.7. The maximum atomic E-state index is 12.7. The molecule has 0 saturated carbocycles. The van der Waals surface area contributed by atoms with Crippen molar-refractivity contribution in [2.45, 2.75) is 36.0 Å². The molecule has 0 aromatic heterocycles. The number of carbonyl (C=O) groups is 2. The van der Waals surface area contributed by atoms with Crippen LogP contribution in [0.5, 0.6) is 0 Å². The zero-order chi connectivity index (χ0) is 16.3. The predicted octanol–water partition coefficient (Wildman–Crippen LogP) is 1.01. The third kappa shape index (κ3) is 2.99. The van der Waals surface area contributed by atoms with E-state index in [0.29, 0.717) is 0 Å². The number of methoxy groups -OCH3 is 1. The lowest BCUT2D eigenvalue weighted by molar-refractivity contribution is -0.150. The van der Waals surface area contributed by atoms with Crippen molar-refractivity contribution in [2.24, 2.45) is 0 Å². The fourth-order valence-electron chi connectivity index (χ4n) is 2.66. The van der Waals surface area contributed by atoms with Gasteiger partial charge in [-0.05, 0) is 18.6 Å². The Labute approximate surface area is 130 Å². The summed E-state index contributed by atoms with van der Waals surface area (Å²) in [6, 6.07) is 7.24. The first-order valence-electron chi connectivity index (χ1n) is 7.08. The van der Waals surface area contributed by atoms with Gasteiger partial charge in [0.25, 0.3) is 0 Å². The number of amides is 1.